The van der Waals surface area contributed by atoms with Gasteiger partial charge in [0.2, 0.25) is 5.91 Å². The SMILES string of the molecule is Cc1ccc(C)c(SCC(=O)Nc2c(F)cccc2N2CCCC2)c1. The average molecular weight is 358 g/mol. The van der Waals surface area contributed by atoms with Gasteiger partial charge in [0.1, 0.15) is 11.5 Å². The first kappa shape index (κ1) is 17.8. The molecule has 3 nitrogen and oxygen atoms in total. The van der Waals surface area contributed by atoms with Crippen LogP contribution < -0.4 is 10.2 Å². The van der Waals surface area contributed by atoms with Gasteiger partial charge in [-0.05, 0) is 50.5 Å². The predicted octanol–water partition coefficient (Wildman–Crippen LogP) is 4.77. The lowest BCUT2D eigenvalue weighted by Gasteiger charge is -2.22. The van der Waals surface area contributed by atoms with Crippen LogP contribution in [-0.2, 0) is 4.79 Å². The van der Waals surface area contributed by atoms with Crippen LogP contribution in [-0.4, -0.2) is 24.7 Å². The summed E-state index contributed by atoms with van der Waals surface area (Å²) in [6.45, 7) is 5.88. The summed E-state index contributed by atoms with van der Waals surface area (Å²) in [5.74, 6) is -0.302. The number of rotatable bonds is 5. The minimum absolute atomic E-state index is 0.184. The van der Waals surface area contributed by atoms with Gasteiger partial charge in [-0.3, -0.25) is 4.79 Å². The van der Waals surface area contributed by atoms with Crippen molar-refractivity contribution in [3.8, 4) is 0 Å². The Balaban J connectivity index is 1.69. The first-order valence-corrected chi connectivity index (χ1v) is 9.56. The van der Waals surface area contributed by atoms with E-state index in [0.29, 0.717) is 5.69 Å². The second kappa shape index (κ2) is 7.91. The van der Waals surface area contributed by atoms with Crippen LogP contribution >= 0.6 is 11.8 Å². The Bertz CT molecular complexity index is 772. The smallest absolute Gasteiger partial charge is 0.234 e. The third-order valence-electron chi connectivity index (χ3n) is 4.41. The van der Waals surface area contributed by atoms with Crippen molar-refractivity contribution in [1.82, 2.24) is 0 Å². The lowest BCUT2D eigenvalue weighted by atomic mass is 10.2. The number of carbonyl (C=O) groups excluding carboxylic acids is 1. The van der Waals surface area contributed by atoms with Crippen LogP contribution in [0, 0.1) is 19.7 Å². The second-order valence-corrected chi connectivity index (χ2v) is 7.45. The van der Waals surface area contributed by atoms with Crippen molar-refractivity contribution < 1.29 is 9.18 Å². The molecule has 2 aromatic carbocycles. The third-order valence-corrected chi connectivity index (χ3v) is 5.56. The molecule has 1 aliphatic heterocycles. The summed E-state index contributed by atoms with van der Waals surface area (Å²) in [7, 11) is 0. The predicted molar refractivity (Wildman–Crippen MR) is 103 cm³/mol. The number of anilines is 2. The van der Waals surface area contributed by atoms with E-state index in [-0.39, 0.29) is 17.5 Å². The summed E-state index contributed by atoms with van der Waals surface area (Å²) < 4.78 is 14.3. The number of carbonyl (C=O) groups is 1. The van der Waals surface area contributed by atoms with Gasteiger partial charge < -0.3 is 10.2 Å². The van der Waals surface area contributed by atoms with Crippen LogP contribution in [0.1, 0.15) is 24.0 Å². The maximum absolute atomic E-state index is 14.3. The van der Waals surface area contributed by atoms with E-state index in [0.717, 1.165) is 42.1 Å². The van der Waals surface area contributed by atoms with Crippen molar-refractivity contribution in [2.75, 3.05) is 29.1 Å². The number of aryl methyl sites for hydroxylation is 2. The molecule has 0 radical (unpaired) electrons. The van der Waals surface area contributed by atoms with Gasteiger partial charge in [-0.1, -0.05) is 23.8 Å². The number of benzene rings is 2. The summed E-state index contributed by atoms with van der Waals surface area (Å²) in [5.41, 5.74) is 3.39. The Morgan fingerprint density at radius 1 is 1.20 bits per heavy atom. The molecule has 1 saturated heterocycles. The van der Waals surface area contributed by atoms with Gasteiger partial charge in [0.05, 0.1) is 11.4 Å². The van der Waals surface area contributed by atoms with E-state index in [1.54, 1.807) is 6.07 Å². The fourth-order valence-corrected chi connectivity index (χ4v) is 3.96. The van der Waals surface area contributed by atoms with Gasteiger partial charge in [0, 0.05) is 18.0 Å². The summed E-state index contributed by atoms with van der Waals surface area (Å²) >= 11 is 1.48. The van der Waals surface area contributed by atoms with Crippen molar-refractivity contribution in [3.05, 3.63) is 53.3 Å². The molecule has 2 aromatic rings. The summed E-state index contributed by atoms with van der Waals surface area (Å²) in [6.07, 6.45) is 2.21. The number of thioether (sulfide) groups is 1. The van der Waals surface area contributed by atoms with Gasteiger partial charge >= 0.3 is 0 Å². The maximum Gasteiger partial charge on any atom is 0.234 e. The molecule has 0 saturated carbocycles. The van der Waals surface area contributed by atoms with E-state index in [2.05, 4.69) is 28.4 Å². The van der Waals surface area contributed by atoms with E-state index in [1.165, 1.54) is 23.4 Å². The zero-order chi connectivity index (χ0) is 17.8. The second-order valence-electron chi connectivity index (χ2n) is 6.43. The summed E-state index contributed by atoms with van der Waals surface area (Å²) in [5, 5.41) is 2.78. The quantitative estimate of drug-likeness (QED) is 0.781. The van der Waals surface area contributed by atoms with E-state index in [1.807, 2.05) is 19.9 Å². The van der Waals surface area contributed by atoms with E-state index in [4.69, 9.17) is 0 Å². The first-order valence-electron chi connectivity index (χ1n) is 8.58. The monoisotopic (exact) mass is 358 g/mol. The molecule has 1 fully saturated rings. The molecule has 0 aliphatic carbocycles. The van der Waals surface area contributed by atoms with Crippen molar-refractivity contribution >= 4 is 29.0 Å². The Kier molecular flexibility index (Phi) is 5.63. The summed E-state index contributed by atoms with van der Waals surface area (Å²) in [4.78, 5) is 15.6. The maximum atomic E-state index is 14.3. The number of para-hydroxylation sites is 1. The first-order chi connectivity index (χ1) is 12.0. The summed E-state index contributed by atoms with van der Waals surface area (Å²) in [6, 6.07) is 11.2. The zero-order valence-electron chi connectivity index (χ0n) is 14.6. The highest BCUT2D eigenvalue weighted by molar-refractivity contribution is 8.00. The minimum atomic E-state index is -0.380. The van der Waals surface area contributed by atoms with Gasteiger partial charge in [0.15, 0.2) is 0 Å². The number of hydrogen-bond donors (Lipinski definition) is 1. The molecule has 0 atom stereocenters. The molecule has 132 valence electrons. The van der Waals surface area contributed by atoms with Crippen molar-refractivity contribution in [1.29, 1.82) is 0 Å². The van der Waals surface area contributed by atoms with Crippen LogP contribution in [0.2, 0.25) is 0 Å². The molecule has 0 bridgehead atoms. The normalized spacial score (nSPS) is 14.0. The van der Waals surface area contributed by atoms with Gasteiger partial charge in [0.25, 0.3) is 0 Å². The van der Waals surface area contributed by atoms with Crippen LogP contribution in [0.5, 0.6) is 0 Å². The molecule has 3 rings (SSSR count). The molecular formula is C20H23FN2OS. The largest absolute Gasteiger partial charge is 0.370 e. The standard InChI is InChI=1S/C20H23FN2OS/c1-14-8-9-15(2)18(12-14)25-13-19(24)22-20-16(21)6-5-7-17(20)23-10-3-4-11-23/h5-9,12H,3-4,10-11,13H2,1-2H3,(H,22,24). The van der Waals surface area contributed by atoms with Crippen LogP contribution in [0.4, 0.5) is 15.8 Å². The van der Waals surface area contributed by atoms with Gasteiger partial charge in [-0.25, -0.2) is 4.39 Å². The van der Waals surface area contributed by atoms with Crippen LogP contribution in [0.3, 0.4) is 0 Å². The van der Waals surface area contributed by atoms with Gasteiger partial charge in [-0.15, -0.1) is 11.8 Å². The number of hydrogen-bond acceptors (Lipinski definition) is 3. The van der Waals surface area contributed by atoms with Crippen molar-refractivity contribution in [2.45, 2.75) is 31.6 Å². The van der Waals surface area contributed by atoms with E-state index < -0.39 is 0 Å². The number of nitrogens with zero attached hydrogens (tertiary/aromatic N) is 1. The molecule has 1 N–H and O–H groups in total. The Hall–Kier alpha value is -2.01. The van der Waals surface area contributed by atoms with Crippen molar-refractivity contribution in [2.24, 2.45) is 0 Å². The number of halogens is 1. The molecule has 0 unspecified atom stereocenters. The Morgan fingerprint density at radius 3 is 2.72 bits per heavy atom. The molecule has 1 amide bonds. The molecule has 25 heavy (non-hydrogen) atoms. The minimum Gasteiger partial charge on any atom is -0.370 e. The van der Waals surface area contributed by atoms with Crippen LogP contribution in [0.15, 0.2) is 41.3 Å². The molecule has 5 heteroatoms. The lowest BCUT2D eigenvalue weighted by molar-refractivity contribution is -0.113. The number of amides is 1. The zero-order valence-corrected chi connectivity index (χ0v) is 15.5. The molecule has 1 aliphatic rings. The molecule has 0 aromatic heterocycles. The van der Waals surface area contributed by atoms with Crippen LogP contribution in [0.25, 0.3) is 0 Å². The highest BCUT2D eigenvalue weighted by atomic mass is 32.2. The fourth-order valence-electron chi connectivity index (χ4n) is 3.04. The highest BCUT2D eigenvalue weighted by Crippen LogP contribution is 2.31. The molecule has 0 spiro atoms. The Labute approximate surface area is 152 Å². The van der Waals surface area contributed by atoms with Crippen molar-refractivity contribution in [3.63, 3.8) is 0 Å². The Morgan fingerprint density at radius 2 is 1.96 bits per heavy atom. The fraction of sp³-hybridized carbons (Fsp3) is 0.350. The topological polar surface area (TPSA) is 32.3 Å². The lowest BCUT2D eigenvalue weighted by Crippen LogP contribution is -2.22. The van der Waals surface area contributed by atoms with E-state index >= 15 is 0 Å². The molecule has 1 heterocycles. The average Bonchev–Trinajstić information content (AvgIpc) is 3.12. The molecular weight excluding hydrogens is 335 g/mol. The third kappa shape index (κ3) is 4.34. The highest BCUT2D eigenvalue weighted by Gasteiger charge is 2.19. The van der Waals surface area contributed by atoms with Gasteiger partial charge in [-0.2, -0.15) is 0 Å². The van der Waals surface area contributed by atoms with E-state index in [9.17, 15) is 9.18 Å². The number of nitrogens with one attached hydrogen (secondary N) is 1.